The Bertz CT molecular complexity index is 348. The quantitative estimate of drug-likeness (QED) is 0.689. The zero-order valence-electron chi connectivity index (χ0n) is 12.4. The smallest absolute Gasteiger partial charge is 0.329 e. The number of nitrogens with one attached hydrogen (secondary N) is 1. The Hall–Kier alpha value is -1.30. The summed E-state index contributed by atoms with van der Waals surface area (Å²) in [5.74, 6) is -0.650. The predicted octanol–water partition coefficient (Wildman–Crippen LogP) is 1.43. The van der Waals surface area contributed by atoms with Crippen molar-refractivity contribution in [3.8, 4) is 0 Å². The Morgan fingerprint density at radius 1 is 1.45 bits per heavy atom. The number of nitrogens with zero attached hydrogens (tertiary/aromatic N) is 1. The van der Waals surface area contributed by atoms with Crippen LogP contribution >= 0.6 is 0 Å². The Labute approximate surface area is 120 Å². The van der Waals surface area contributed by atoms with Gasteiger partial charge in [0.25, 0.3) is 0 Å². The van der Waals surface area contributed by atoms with Crippen LogP contribution in [0.2, 0.25) is 0 Å². The van der Waals surface area contributed by atoms with Gasteiger partial charge in [-0.25, -0.2) is 9.59 Å². The van der Waals surface area contributed by atoms with E-state index in [2.05, 4.69) is 5.32 Å². The molecular formula is C14H26N2O4. The van der Waals surface area contributed by atoms with Crippen molar-refractivity contribution in [1.29, 1.82) is 0 Å². The van der Waals surface area contributed by atoms with Gasteiger partial charge in [0, 0.05) is 19.7 Å². The number of carbonyl (C=O) groups excluding carboxylic acids is 1. The van der Waals surface area contributed by atoms with Crippen LogP contribution in [0.1, 0.15) is 46.0 Å². The summed E-state index contributed by atoms with van der Waals surface area (Å²) in [6.07, 6.45) is 3.28. The molecule has 20 heavy (non-hydrogen) atoms. The van der Waals surface area contributed by atoms with Gasteiger partial charge in [0.05, 0.1) is 0 Å². The van der Waals surface area contributed by atoms with Crippen molar-refractivity contribution in [2.24, 2.45) is 5.92 Å². The summed E-state index contributed by atoms with van der Waals surface area (Å²) in [5.41, 5.74) is -1.14. The van der Waals surface area contributed by atoms with Crippen LogP contribution < -0.4 is 5.32 Å². The van der Waals surface area contributed by atoms with E-state index in [-0.39, 0.29) is 12.6 Å². The highest BCUT2D eigenvalue weighted by molar-refractivity contribution is 5.86. The van der Waals surface area contributed by atoms with E-state index in [1.54, 1.807) is 4.90 Å². The van der Waals surface area contributed by atoms with Crippen LogP contribution in [0.15, 0.2) is 0 Å². The van der Waals surface area contributed by atoms with Crippen molar-refractivity contribution < 1.29 is 19.8 Å². The van der Waals surface area contributed by atoms with Crippen molar-refractivity contribution in [2.75, 3.05) is 19.7 Å². The molecule has 2 unspecified atom stereocenters. The van der Waals surface area contributed by atoms with Crippen LogP contribution in [-0.4, -0.2) is 52.3 Å². The van der Waals surface area contributed by atoms with Crippen LogP contribution in [0.4, 0.5) is 4.79 Å². The maximum Gasteiger partial charge on any atom is 0.329 e. The van der Waals surface area contributed by atoms with E-state index in [1.165, 1.54) is 0 Å². The first-order valence-corrected chi connectivity index (χ1v) is 7.36. The van der Waals surface area contributed by atoms with Gasteiger partial charge in [-0.3, -0.25) is 0 Å². The number of carboxylic acid groups (broad SMARTS) is 1. The highest BCUT2D eigenvalue weighted by Crippen LogP contribution is 2.32. The number of aliphatic hydroxyl groups is 1. The molecule has 0 spiro atoms. The number of rotatable bonds is 6. The van der Waals surface area contributed by atoms with E-state index < -0.39 is 11.5 Å². The maximum atomic E-state index is 12.2. The van der Waals surface area contributed by atoms with E-state index in [1.807, 2.05) is 13.8 Å². The third kappa shape index (κ3) is 4.10. The fourth-order valence-electron chi connectivity index (χ4n) is 2.86. The number of amides is 2. The van der Waals surface area contributed by atoms with Gasteiger partial charge < -0.3 is 20.4 Å². The lowest BCUT2D eigenvalue weighted by Gasteiger charge is -2.38. The summed E-state index contributed by atoms with van der Waals surface area (Å²) in [6.45, 7) is 4.81. The molecule has 0 aromatic heterocycles. The molecule has 2 amide bonds. The fourth-order valence-corrected chi connectivity index (χ4v) is 2.86. The molecule has 0 aliphatic heterocycles. The Balaban J connectivity index is 2.74. The number of hydrogen-bond donors (Lipinski definition) is 3. The molecule has 0 aromatic rings. The summed E-state index contributed by atoms with van der Waals surface area (Å²) < 4.78 is 0. The minimum absolute atomic E-state index is 0.0187. The van der Waals surface area contributed by atoms with E-state index >= 15 is 0 Å². The Morgan fingerprint density at radius 3 is 2.65 bits per heavy atom. The number of carboxylic acids is 1. The molecule has 1 fully saturated rings. The average Bonchev–Trinajstić information content (AvgIpc) is 2.39. The number of urea groups is 1. The molecular weight excluding hydrogens is 260 g/mol. The lowest BCUT2D eigenvalue weighted by molar-refractivity contribution is -0.146. The second kappa shape index (κ2) is 7.47. The number of aliphatic carboxylic acids is 1. The van der Waals surface area contributed by atoms with E-state index in [0.717, 1.165) is 12.8 Å². The van der Waals surface area contributed by atoms with Crippen LogP contribution in [0.3, 0.4) is 0 Å². The first-order chi connectivity index (χ1) is 9.45. The second-order valence-electron chi connectivity index (χ2n) is 5.68. The van der Waals surface area contributed by atoms with Crippen LogP contribution in [0.25, 0.3) is 0 Å². The highest BCUT2D eigenvalue weighted by atomic mass is 16.4. The summed E-state index contributed by atoms with van der Waals surface area (Å²) in [5, 5.41) is 21.1. The third-order valence-electron chi connectivity index (χ3n) is 4.01. The van der Waals surface area contributed by atoms with Gasteiger partial charge in [-0.05, 0) is 32.1 Å². The van der Waals surface area contributed by atoms with Gasteiger partial charge in [0.15, 0.2) is 0 Å². The summed E-state index contributed by atoms with van der Waals surface area (Å²) in [7, 11) is 0. The van der Waals surface area contributed by atoms with Gasteiger partial charge in [-0.2, -0.15) is 0 Å². The van der Waals surface area contributed by atoms with Gasteiger partial charge in [-0.1, -0.05) is 19.8 Å². The zero-order valence-corrected chi connectivity index (χ0v) is 12.4. The minimum atomic E-state index is -1.14. The molecule has 6 heteroatoms. The summed E-state index contributed by atoms with van der Waals surface area (Å²) in [6, 6.07) is -0.350. The molecule has 116 valence electrons. The molecule has 1 saturated carbocycles. The molecule has 6 nitrogen and oxygen atoms in total. The Morgan fingerprint density at radius 2 is 2.15 bits per heavy atom. The van der Waals surface area contributed by atoms with Crippen LogP contribution in [0.5, 0.6) is 0 Å². The molecule has 1 rings (SSSR count). The molecule has 0 saturated heterocycles. The van der Waals surface area contributed by atoms with E-state index in [0.29, 0.717) is 38.3 Å². The lowest BCUT2D eigenvalue weighted by Crippen LogP contribution is -2.59. The highest BCUT2D eigenvalue weighted by Gasteiger charge is 2.43. The van der Waals surface area contributed by atoms with Crippen molar-refractivity contribution in [3.05, 3.63) is 0 Å². The number of hydrogen-bond acceptors (Lipinski definition) is 3. The largest absolute Gasteiger partial charge is 0.480 e. The number of carbonyl (C=O) groups is 2. The van der Waals surface area contributed by atoms with E-state index in [9.17, 15) is 14.7 Å². The normalized spacial score (nSPS) is 26.1. The van der Waals surface area contributed by atoms with Crippen molar-refractivity contribution in [1.82, 2.24) is 10.2 Å². The third-order valence-corrected chi connectivity index (χ3v) is 4.01. The summed E-state index contributed by atoms with van der Waals surface area (Å²) in [4.78, 5) is 25.4. The molecule has 2 atom stereocenters. The first-order valence-electron chi connectivity index (χ1n) is 7.36. The topological polar surface area (TPSA) is 89.9 Å². The zero-order chi connectivity index (χ0) is 15.2. The molecule has 0 aromatic carbocycles. The van der Waals surface area contributed by atoms with Crippen molar-refractivity contribution in [2.45, 2.75) is 51.5 Å². The van der Waals surface area contributed by atoms with Crippen molar-refractivity contribution >= 4 is 12.0 Å². The van der Waals surface area contributed by atoms with Crippen LogP contribution in [0, 0.1) is 5.92 Å². The number of aliphatic hydroxyl groups excluding tert-OH is 1. The molecule has 0 radical (unpaired) electrons. The first kappa shape index (κ1) is 16.8. The SMILES string of the molecule is CCN(CCCO)C(=O)NC1(C(=O)O)CCCC(C)C1. The molecule has 1 aliphatic rings. The van der Waals surface area contributed by atoms with Gasteiger partial charge in [-0.15, -0.1) is 0 Å². The fraction of sp³-hybridized carbons (Fsp3) is 0.857. The molecule has 1 aliphatic carbocycles. The minimum Gasteiger partial charge on any atom is -0.480 e. The maximum absolute atomic E-state index is 12.2. The predicted molar refractivity (Wildman–Crippen MR) is 75.5 cm³/mol. The Kier molecular flexibility index (Phi) is 6.26. The molecule has 3 N–H and O–H groups in total. The standard InChI is InChI=1S/C14H26N2O4/c1-3-16(8-5-9-17)13(20)15-14(12(18)19)7-4-6-11(2)10-14/h11,17H,3-10H2,1-2H3,(H,15,20)(H,18,19). The average molecular weight is 286 g/mol. The van der Waals surface area contributed by atoms with E-state index in [4.69, 9.17) is 5.11 Å². The monoisotopic (exact) mass is 286 g/mol. The second-order valence-corrected chi connectivity index (χ2v) is 5.68. The van der Waals surface area contributed by atoms with Crippen LogP contribution in [-0.2, 0) is 4.79 Å². The van der Waals surface area contributed by atoms with Gasteiger partial charge in [0.2, 0.25) is 0 Å². The summed E-state index contributed by atoms with van der Waals surface area (Å²) >= 11 is 0. The van der Waals surface area contributed by atoms with Gasteiger partial charge >= 0.3 is 12.0 Å². The lowest BCUT2D eigenvalue weighted by atomic mass is 9.76. The van der Waals surface area contributed by atoms with Gasteiger partial charge in [0.1, 0.15) is 5.54 Å². The van der Waals surface area contributed by atoms with Crippen molar-refractivity contribution in [3.63, 3.8) is 0 Å². The molecule has 0 bridgehead atoms. The molecule has 0 heterocycles.